The molecule has 1 aliphatic heterocycles. The quantitative estimate of drug-likeness (QED) is 0.204. The topological polar surface area (TPSA) is 152 Å². The minimum Gasteiger partial charge on any atom is -0.508 e. The smallest absolute Gasteiger partial charge is 0.329 e. The molecule has 0 aromatic heterocycles. The van der Waals surface area contributed by atoms with E-state index >= 15 is 0 Å². The molecule has 1 aliphatic rings. The highest BCUT2D eigenvalue weighted by Gasteiger charge is 2.30. The number of benzene rings is 2. The van der Waals surface area contributed by atoms with E-state index in [0.29, 0.717) is 51.0 Å². The first-order valence-electron chi connectivity index (χ1n) is 12.3. The van der Waals surface area contributed by atoms with Gasteiger partial charge >= 0.3 is 5.97 Å². The van der Waals surface area contributed by atoms with E-state index in [1.807, 2.05) is 12.1 Å². The molecule has 1 heterocycles. The Bertz CT molecular complexity index is 1050. The van der Waals surface area contributed by atoms with Gasteiger partial charge in [0.15, 0.2) is 0 Å². The zero-order valence-electron chi connectivity index (χ0n) is 20.7. The summed E-state index contributed by atoms with van der Waals surface area (Å²) in [6.07, 6.45) is 3.09. The lowest BCUT2D eigenvalue weighted by atomic mass is 10.0. The number of hydrogen-bond acceptors (Lipinski definition) is 7. The first-order chi connectivity index (χ1) is 17.9. The fourth-order valence-electron chi connectivity index (χ4n) is 4.14. The molecular formula is C27H34N4O6. The van der Waals surface area contributed by atoms with Gasteiger partial charge in [-0.1, -0.05) is 24.3 Å². The molecule has 0 radical (unpaired) electrons. The molecule has 1 atom stereocenters. The van der Waals surface area contributed by atoms with Gasteiger partial charge in [0.25, 0.3) is 5.91 Å². The zero-order chi connectivity index (χ0) is 26.6. The Hall–Kier alpha value is -3.76. The molecule has 198 valence electrons. The number of nitrogens with zero attached hydrogens (tertiary/aromatic N) is 1. The summed E-state index contributed by atoms with van der Waals surface area (Å²) in [5.41, 5.74) is 2.24. The number of carboxylic acids is 1. The number of carboxylic acid groups (broad SMARTS) is 1. The fraction of sp³-hybridized carbons (Fsp3) is 0.407. The van der Waals surface area contributed by atoms with Crippen molar-refractivity contribution in [2.75, 3.05) is 26.2 Å². The summed E-state index contributed by atoms with van der Waals surface area (Å²) in [6.45, 7) is 1.78. The molecule has 0 spiro atoms. The van der Waals surface area contributed by atoms with E-state index < -0.39 is 12.0 Å². The molecule has 0 bridgehead atoms. The normalized spacial score (nSPS) is 14.6. The van der Waals surface area contributed by atoms with Crippen molar-refractivity contribution >= 4 is 24.0 Å². The number of ether oxygens (including phenoxy) is 1. The summed E-state index contributed by atoms with van der Waals surface area (Å²) >= 11 is 0. The van der Waals surface area contributed by atoms with Crippen molar-refractivity contribution in [3.8, 4) is 5.75 Å². The van der Waals surface area contributed by atoms with Gasteiger partial charge < -0.3 is 35.9 Å². The molecule has 10 heteroatoms. The highest BCUT2D eigenvalue weighted by atomic mass is 16.5. The lowest BCUT2D eigenvalue weighted by Crippen LogP contribution is -2.52. The monoisotopic (exact) mass is 510 g/mol. The molecule has 0 unspecified atom stereocenters. The van der Waals surface area contributed by atoms with Gasteiger partial charge in [-0.25, -0.2) is 4.79 Å². The van der Waals surface area contributed by atoms with Crippen LogP contribution < -0.4 is 10.6 Å². The van der Waals surface area contributed by atoms with E-state index in [-0.39, 0.29) is 36.7 Å². The second-order valence-corrected chi connectivity index (χ2v) is 8.99. The number of rotatable bonds is 13. The summed E-state index contributed by atoms with van der Waals surface area (Å²) in [7, 11) is 0. The van der Waals surface area contributed by atoms with Crippen molar-refractivity contribution in [2.24, 2.45) is 0 Å². The average molecular weight is 511 g/mol. The predicted octanol–water partition coefficient (Wildman–Crippen LogP) is 1.95. The lowest BCUT2D eigenvalue weighted by Gasteiger charge is -2.34. The summed E-state index contributed by atoms with van der Waals surface area (Å²) < 4.78 is 5.36. The Balaban J connectivity index is 1.64. The molecule has 37 heavy (non-hydrogen) atoms. The lowest BCUT2D eigenvalue weighted by molar-refractivity contribution is -0.147. The third-order valence-electron chi connectivity index (χ3n) is 6.19. The van der Waals surface area contributed by atoms with Gasteiger partial charge in [0, 0.05) is 38.2 Å². The summed E-state index contributed by atoms with van der Waals surface area (Å²) in [6, 6.07) is 12.8. The van der Waals surface area contributed by atoms with Crippen LogP contribution >= 0.6 is 0 Å². The van der Waals surface area contributed by atoms with Gasteiger partial charge in [-0.3, -0.25) is 9.59 Å². The van der Waals surface area contributed by atoms with Crippen molar-refractivity contribution in [3.05, 3.63) is 65.2 Å². The van der Waals surface area contributed by atoms with E-state index in [1.165, 1.54) is 6.21 Å². The minimum atomic E-state index is -1.03. The number of phenolic OH excluding ortho intramolecular Hbond substituents is 1. The maximum absolute atomic E-state index is 13.4. The van der Waals surface area contributed by atoms with Crippen LogP contribution in [0.15, 0.2) is 48.5 Å². The maximum atomic E-state index is 13.4. The number of phenols is 1. The molecule has 1 fully saturated rings. The van der Waals surface area contributed by atoms with Crippen molar-refractivity contribution < 1.29 is 29.3 Å². The minimum absolute atomic E-state index is 0.117. The van der Waals surface area contributed by atoms with Gasteiger partial charge in [0.05, 0.1) is 6.10 Å². The highest BCUT2D eigenvalue weighted by molar-refractivity contribution is 5.97. The second kappa shape index (κ2) is 14.1. The van der Waals surface area contributed by atoms with Gasteiger partial charge in [-0.2, -0.15) is 0 Å². The molecule has 3 rings (SSSR count). The average Bonchev–Trinajstić information content (AvgIpc) is 2.91. The molecule has 0 saturated carbocycles. The van der Waals surface area contributed by atoms with Gasteiger partial charge in [0.1, 0.15) is 18.4 Å². The molecule has 1 saturated heterocycles. The third-order valence-corrected chi connectivity index (χ3v) is 6.19. The van der Waals surface area contributed by atoms with Crippen molar-refractivity contribution in [1.82, 2.24) is 15.5 Å². The molecule has 2 aromatic carbocycles. The number of likely N-dealkylation sites (tertiary alicyclic amines) is 1. The fourth-order valence-corrected chi connectivity index (χ4v) is 4.14. The SMILES string of the molecule is N=CCCNCc1ccc(C(=O)N[C@@H](Cc2ccc(O)cc2)C(=O)N2CCC(OCC(=O)O)CC2)cc1. The van der Waals surface area contributed by atoms with Crippen LogP contribution in [0.4, 0.5) is 0 Å². The standard InChI is InChI=1S/C27H34N4O6/c28-12-1-13-29-17-20-2-6-21(7-3-20)26(35)30-24(16-19-4-8-22(32)9-5-19)27(36)31-14-10-23(11-15-31)37-18-25(33)34/h2-9,12,23-24,28-29,32H,1,10-11,13-18H2,(H,30,35)(H,33,34)/t24-/m0/s1. The third kappa shape index (κ3) is 9.00. The summed E-state index contributed by atoms with van der Waals surface area (Å²) in [5.74, 6) is -1.49. The molecule has 5 N–H and O–H groups in total. The van der Waals surface area contributed by atoms with Crippen LogP contribution in [0.5, 0.6) is 5.75 Å². The summed E-state index contributed by atoms with van der Waals surface area (Å²) in [4.78, 5) is 38.9. The van der Waals surface area contributed by atoms with Crippen molar-refractivity contribution in [1.29, 1.82) is 5.41 Å². The van der Waals surface area contributed by atoms with E-state index in [0.717, 1.165) is 11.1 Å². The van der Waals surface area contributed by atoms with E-state index in [4.69, 9.17) is 15.3 Å². The Kier molecular flexibility index (Phi) is 10.6. The second-order valence-electron chi connectivity index (χ2n) is 8.99. The van der Waals surface area contributed by atoms with Gasteiger partial charge in [-0.15, -0.1) is 0 Å². The number of amides is 2. The number of aliphatic carboxylic acids is 1. The molecular weight excluding hydrogens is 476 g/mol. The van der Waals surface area contributed by atoms with Gasteiger partial charge in [-0.05, 0) is 60.9 Å². The number of hydrogen-bond donors (Lipinski definition) is 5. The van der Waals surface area contributed by atoms with Crippen LogP contribution in [-0.4, -0.2) is 77.5 Å². The largest absolute Gasteiger partial charge is 0.508 e. The molecule has 2 aromatic rings. The van der Waals surface area contributed by atoms with Gasteiger partial charge in [0.2, 0.25) is 5.91 Å². The number of carbonyl (C=O) groups is 3. The number of piperidine rings is 1. The van der Waals surface area contributed by atoms with E-state index in [2.05, 4.69) is 10.6 Å². The molecule has 10 nitrogen and oxygen atoms in total. The molecule has 2 amide bonds. The van der Waals surface area contributed by atoms with Crippen LogP contribution in [0, 0.1) is 5.41 Å². The van der Waals surface area contributed by atoms with Crippen LogP contribution in [0.2, 0.25) is 0 Å². The Morgan fingerprint density at radius 2 is 1.70 bits per heavy atom. The van der Waals surface area contributed by atoms with E-state index in [9.17, 15) is 19.5 Å². The first kappa shape index (κ1) is 27.8. The number of carbonyl (C=O) groups excluding carboxylic acids is 2. The summed E-state index contributed by atoms with van der Waals surface area (Å²) in [5, 5.41) is 31.6. The maximum Gasteiger partial charge on any atom is 0.329 e. The zero-order valence-corrected chi connectivity index (χ0v) is 20.7. The Morgan fingerprint density at radius 3 is 2.32 bits per heavy atom. The molecule has 0 aliphatic carbocycles. The highest BCUT2D eigenvalue weighted by Crippen LogP contribution is 2.17. The first-order valence-corrected chi connectivity index (χ1v) is 12.3. The van der Waals surface area contributed by atoms with E-state index in [1.54, 1.807) is 41.3 Å². The number of nitrogens with one attached hydrogen (secondary N) is 3. The van der Waals surface area contributed by atoms with Crippen LogP contribution in [0.25, 0.3) is 0 Å². The van der Waals surface area contributed by atoms with Crippen LogP contribution in [0.1, 0.15) is 40.7 Å². The Morgan fingerprint density at radius 1 is 1.05 bits per heavy atom. The van der Waals surface area contributed by atoms with Crippen LogP contribution in [0.3, 0.4) is 0 Å². The van der Waals surface area contributed by atoms with Crippen LogP contribution in [-0.2, 0) is 27.3 Å². The predicted molar refractivity (Wildman–Crippen MR) is 138 cm³/mol. The Labute approximate surface area is 216 Å². The van der Waals surface area contributed by atoms with Crippen molar-refractivity contribution in [2.45, 2.75) is 44.4 Å². The number of aromatic hydroxyl groups is 1. The van der Waals surface area contributed by atoms with Crippen molar-refractivity contribution in [3.63, 3.8) is 0 Å².